The fourth-order valence-electron chi connectivity index (χ4n) is 1.65. The van der Waals surface area contributed by atoms with Crippen molar-refractivity contribution in [1.29, 1.82) is 0 Å². The summed E-state index contributed by atoms with van der Waals surface area (Å²) in [5.41, 5.74) is 0.819. The van der Waals surface area contributed by atoms with Crippen molar-refractivity contribution in [2.75, 3.05) is 33.4 Å². The van der Waals surface area contributed by atoms with E-state index >= 15 is 0 Å². The summed E-state index contributed by atoms with van der Waals surface area (Å²) in [4.78, 5) is 11.6. The lowest BCUT2D eigenvalue weighted by molar-refractivity contribution is -0.123. The molecule has 1 rings (SSSR count). The van der Waals surface area contributed by atoms with Crippen LogP contribution in [-0.2, 0) is 16.1 Å². The Kier molecular flexibility index (Phi) is 8.45. The van der Waals surface area contributed by atoms with Gasteiger partial charge in [-0.1, -0.05) is 30.1 Å². The average Bonchev–Trinajstić information content (AvgIpc) is 2.44. The van der Waals surface area contributed by atoms with E-state index in [1.807, 2.05) is 6.92 Å². The number of amides is 1. The topological polar surface area (TPSA) is 59.6 Å². The monoisotopic (exact) mass is 334 g/mol. The molecule has 0 heterocycles. The van der Waals surface area contributed by atoms with Gasteiger partial charge in [-0.25, -0.2) is 0 Å². The third-order valence-electron chi connectivity index (χ3n) is 2.63. The Morgan fingerprint density at radius 3 is 2.76 bits per heavy atom. The second kappa shape index (κ2) is 9.84. The molecule has 0 saturated carbocycles. The first-order valence-electron chi connectivity index (χ1n) is 6.65. The Morgan fingerprint density at radius 1 is 1.33 bits per heavy atom. The van der Waals surface area contributed by atoms with E-state index in [4.69, 9.17) is 32.7 Å². The van der Waals surface area contributed by atoms with Gasteiger partial charge in [0.25, 0.3) is 5.91 Å². The molecule has 0 aliphatic rings. The molecule has 2 N–H and O–H groups in total. The number of ether oxygens (including phenoxy) is 2. The van der Waals surface area contributed by atoms with E-state index < -0.39 is 0 Å². The highest BCUT2D eigenvalue weighted by Gasteiger charge is 2.12. The fourth-order valence-corrected chi connectivity index (χ4v) is 2.24. The lowest BCUT2D eigenvalue weighted by atomic mass is 10.2. The first-order valence-corrected chi connectivity index (χ1v) is 7.41. The molecule has 0 atom stereocenters. The van der Waals surface area contributed by atoms with Gasteiger partial charge in [0.1, 0.15) is 5.75 Å². The van der Waals surface area contributed by atoms with Crippen LogP contribution in [-0.4, -0.2) is 39.3 Å². The predicted octanol–water partition coefficient (Wildman–Crippen LogP) is 2.24. The SMILES string of the molecule is CCNCc1cc(Cl)cc(Cl)c1OCC(=O)NCCOC. The van der Waals surface area contributed by atoms with Crippen molar-refractivity contribution in [2.24, 2.45) is 0 Å². The number of hydrogen-bond donors (Lipinski definition) is 2. The molecule has 0 unspecified atom stereocenters. The summed E-state index contributed by atoms with van der Waals surface area (Å²) in [5.74, 6) is 0.247. The quantitative estimate of drug-likeness (QED) is 0.680. The summed E-state index contributed by atoms with van der Waals surface area (Å²) in [6.45, 7) is 4.16. The number of methoxy groups -OCH3 is 1. The highest BCUT2D eigenvalue weighted by Crippen LogP contribution is 2.32. The second-order valence-electron chi connectivity index (χ2n) is 4.29. The van der Waals surface area contributed by atoms with Gasteiger partial charge in [0.15, 0.2) is 6.61 Å². The highest BCUT2D eigenvalue weighted by molar-refractivity contribution is 6.35. The van der Waals surface area contributed by atoms with E-state index in [1.54, 1.807) is 19.2 Å². The van der Waals surface area contributed by atoms with Crippen LogP contribution in [0.3, 0.4) is 0 Å². The van der Waals surface area contributed by atoms with Crippen molar-refractivity contribution in [2.45, 2.75) is 13.5 Å². The third kappa shape index (κ3) is 6.52. The Hall–Kier alpha value is -1.01. The maximum absolute atomic E-state index is 11.6. The van der Waals surface area contributed by atoms with Gasteiger partial charge in [0, 0.05) is 30.8 Å². The Morgan fingerprint density at radius 2 is 2.10 bits per heavy atom. The van der Waals surface area contributed by atoms with Crippen LogP contribution in [0.1, 0.15) is 12.5 Å². The van der Waals surface area contributed by atoms with Crippen LogP contribution in [0.2, 0.25) is 10.0 Å². The van der Waals surface area contributed by atoms with Gasteiger partial charge in [-0.2, -0.15) is 0 Å². The van der Waals surface area contributed by atoms with Crippen molar-refractivity contribution in [3.63, 3.8) is 0 Å². The minimum atomic E-state index is -0.229. The maximum atomic E-state index is 11.6. The summed E-state index contributed by atoms with van der Waals surface area (Å²) in [6, 6.07) is 3.37. The van der Waals surface area contributed by atoms with E-state index in [2.05, 4.69) is 10.6 Å². The first kappa shape index (κ1) is 18.0. The molecule has 0 bridgehead atoms. The summed E-state index contributed by atoms with van der Waals surface area (Å²) in [7, 11) is 1.57. The average molecular weight is 335 g/mol. The summed E-state index contributed by atoms with van der Waals surface area (Å²) in [6.07, 6.45) is 0. The molecule has 0 aromatic heterocycles. The number of rotatable bonds is 9. The van der Waals surface area contributed by atoms with Gasteiger partial charge < -0.3 is 20.1 Å². The first-order chi connectivity index (χ1) is 10.1. The fraction of sp³-hybridized carbons (Fsp3) is 0.500. The van der Waals surface area contributed by atoms with Crippen LogP contribution in [0.25, 0.3) is 0 Å². The van der Waals surface area contributed by atoms with Crippen molar-refractivity contribution >= 4 is 29.1 Å². The van der Waals surface area contributed by atoms with Gasteiger partial charge in [-0.15, -0.1) is 0 Å². The van der Waals surface area contributed by atoms with E-state index in [0.717, 1.165) is 12.1 Å². The van der Waals surface area contributed by atoms with Gasteiger partial charge in [-0.3, -0.25) is 4.79 Å². The minimum absolute atomic E-state index is 0.107. The zero-order chi connectivity index (χ0) is 15.7. The summed E-state index contributed by atoms with van der Waals surface area (Å²) < 4.78 is 10.4. The normalized spacial score (nSPS) is 10.5. The molecular weight excluding hydrogens is 315 g/mol. The number of carbonyl (C=O) groups excluding carboxylic acids is 1. The summed E-state index contributed by atoms with van der Waals surface area (Å²) >= 11 is 12.1. The number of halogens is 2. The number of benzene rings is 1. The molecule has 1 amide bonds. The molecule has 0 radical (unpaired) electrons. The molecule has 0 saturated heterocycles. The van der Waals surface area contributed by atoms with Crippen LogP contribution in [0.4, 0.5) is 0 Å². The van der Waals surface area contributed by atoms with Gasteiger partial charge >= 0.3 is 0 Å². The van der Waals surface area contributed by atoms with Gasteiger partial charge in [0.05, 0.1) is 11.6 Å². The number of nitrogens with one attached hydrogen (secondary N) is 2. The molecule has 1 aromatic rings. The molecule has 0 spiro atoms. The number of hydrogen-bond acceptors (Lipinski definition) is 4. The van der Waals surface area contributed by atoms with Crippen LogP contribution >= 0.6 is 23.2 Å². The van der Waals surface area contributed by atoms with Crippen molar-refractivity contribution in [3.8, 4) is 5.75 Å². The second-order valence-corrected chi connectivity index (χ2v) is 5.13. The molecule has 0 aliphatic carbocycles. The van der Waals surface area contributed by atoms with Crippen molar-refractivity contribution in [3.05, 3.63) is 27.7 Å². The maximum Gasteiger partial charge on any atom is 0.258 e. The van der Waals surface area contributed by atoms with Gasteiger partial charge in [-0.05, 0) is 18.7 Å². The summed E-state index contributed by atoms with van der Waals surface area (Å²) in [5, 5.41) is 6.77. The molecule has 0 fully saturated rings. The number of carbonyl (C=O) groups is 1. The largest absolute Gasteiger partial charge is 0.482 e. The zero-order valence-electron chi connectivity index (χ0n) is 12.2. The van der Waals surface area contributed by atoms with E-state index in [0.29, 0.717) is 35.5 Å². The molecule has 0 aliphatic heterocycles. The van der Waals surface area contributed by atoms with E-state index in [9.17, 15) is 4.79 Å². The molecular formula is C14H20Cl2N2O3. The van der Waals surface area contributed by atoms with Gasteiger partial charge in [0.2, 0.25) is 0 Å². The van der Waals surface area contributed by atoms with Crippen molar-refractivity contribution < 1.29 is 14.3 Å². The lowest BCUT2D eigenvalue weighted by Crippen LogP contribution is -2.31. The molecule has 21 heavy (non-hydrogen) atoms. The molecule has 7 heteroatoms. The van der Waals surface area contributed by atoms with Crippen LogP contribution < -0.4 is 15.4 Å². The smallest absolute Gasteiger partial charge is 0.258 e. The van der Waals surface area contributed by atoms with Crippen LogP contribution in [0.15, 0.2) is 12.1 Å². The van der Waals surface area contributed by atoms with Crippen molar-refractivity contribution in [1.82, 2.24) is 10.6 Å². The zero-order valence-corrected chi connectivity index (χ0v) is 13.7. The Bertz CT molecular complexity index is 470. The van der Waals surface area contributed by atoms with E-state index in [1.165, 1.54) is 0 Å². The minimum Gasteiger partial charge on any atom is -0.482 e. The Balaban J connectivity index is 2.66. The lowest BCUT2D eigenvalue weighted by Gasteiger charge is -2.14. The van der Waals surface area contributed by atoms with E-state index in [-0.39, 0.29) is 12.5 Å². The molecule has 118 valence electrons. The third-order valence-corrected chi connectivity index (χ3v) is 3.13. The Labute approximate surface area is 134 Å². The predicted molar refractivity (Wildman–Crippen MR) is 84.2 cm³/mol. The molecule has 5 nitrogen and oxygen atoms in total. The highest BCUT2D eigenvalue weighted by atomic mass is 35.5. The molecule has 1 aromatic carbocycles. The van der Waals surface area contributed by atoms with Crippen LogP contribution in [0.5, 0.6) is 5.75 Å². The standard InChI is InChI=1S/C14H20Cl2N2O3/c1-3-17-8-10-6-11(15)7-12(16)14(10)21-9-13(19)18-4-5-20-2/h6-7,17H,3-5,8-9H2,1-2H3,(H,18,19). The van der Waals surface area contributed by atoms with Crippen LogP contribution in [0, 0.1) is 0 Å².